The van der Waals surface area contributed by atoms with E-state index in [9.17, 15) is 14.8 Å². The predicted molar refractivity (Wildman–Crippen MR) is 122 cm³/mol. The molecule has 0 aliphatic rings. The van der Waals surface area contributed by atoms with Gasteiger partial charge in [-0.2, -0.15) is 10.5 Å². The highest BCUT2D eigenvalue weighted by Gasteiger charge is 2.33. The molecule has 2 N–H and O–H groups in total. The van der Waals surface area contributed by atoms with E-state index in [1.807, 2.05) is 12.1 Å². The van der Waals surface area contributed by atoms with Gasteiger partial charge in [-0.25, -0.2) is 0 Å². The van der Waals surface area contributed by atoms with Gasteiger partial charge in [0, 0.05) is 5.56 Å². The van der Waals surface area contributed by atoms with Gasteiger partial charge >= 0.3 is 21.4 Å². The minimum atomic E-state index is -1.43. The lowest BCUT2D eigenvalue weighted by Crippen LogP contribution is -2.51. The quantitative estimate of drug-likeness (QED) is 0.391. The minimum absolute atomic E-state index is 0.161. The number of rotatable bonds is 8. The first kappa shape index (κ1) is 23.0. The van der Waals surface area contributed by atoms with Gasteiger partial charge in [0.2, 0.25) is 0 Å². The lowest BCUT2D eigenvalue weighted by atomic mass is 9.67. The predicted octanol–water partition coefficient (Wildman–Crippen LogP) is 0.136. The molecule has 32 heavy (non-hydrogen) atoms. The number of benzene rings is 3. The van der Waals surface area contributed by atoms with Crippen molar-refractivity contribution in [1.82, 2.24) is 0 Å². The van der Waals surface area contributed by atoms with Crippen LogP contribution in [0.15, 0.2) is 72.8 Å². The molecule has 0 saturated carbocycles. The molecule has 0 amide bonds. The molecular formula is C22H17B3N2O5. The topological polar surface area (TPSA) is 124 Å². The summed E-state index contributed by atoms with van der Waals surface area (Å²) in [4.78, 5) is 11.8. The lowest BCUT2D eigenvalue weighted by molar-refractivity contribution is 0.101. The van der Waals surface area contributed by atoms with Gasteiger partial charge in [0.25, 0.3) is 0 Å². The zero-order valence-corrected chi connectivity index (χ0v) is 17.2. The maximum Gasteiger partial charge on any atom is 0.477 e. The van der Waals surface area contributed by atoms with E-state index in [0.717, 1.165) is 0 Å². The molecule has 154 valence electrons. The second-order valence-corrected chi connectivity index (χ2v) is 6.96. The molecule has 0 unspecified atom stereocenters. The first-order valence-electron chi connectivity index (χ1n) is 9.69. The summed E-state index contributed by atoms with van der Waals surface area (Å²) in [5.41, 5.74) is 2.46. The van der Waals surface area contributed by atoms with Crippen LogP contribution in [0.2, 0.25) is 0 Å². The van der Waals surface area contributed by atoms with Gasteiger partial charge < -0.3 is 19.2 Å². The van der Waals surface area contributed by atoms with Crippen LogP contribution < -0.4 is 16.4 Å². The Morgan fingerprint density at radius 1 is 0.781 bits per heavy atom. The number of Topliss-reactive ketones (excluding diaryl/α,β-unsaturated/α-hetero) is 1. The SMILES string of the molecule is CC(=O)c1cccc(B(OB(O)c2ccc(C#N)cc2)OB(O)c2ccc(C#N)cc2)c1. The summed E-state index contributed by atoms with van der Waals surface area (Å²) < 4.78 is 11.4. The van der Waals surface area contributed by atoms with Crippen molar-refractivity contribution in [2.45, 2.75) is 6.92 Å². The third kappa shape index (κ3) is 5.73. The molecule has 3 aromatic rings. The Morgan fingerprint density at radius 3 is 1.66 bits per heavy atom. The van der Waals surface area contributed by atoms with Crippen LogP contribution in [0.1, 0.15) is 28.4 Å². The van der Waals surface area contributed by atoms with Gasteiger partial charge in [-0.05, 0) is 47.6 Å². The molecule has 0 bridgehead atoms. The van der Waals surface area contributed by atoms with Gasteiger partial charge in [-0.15, -0.1) is 0 Å². The molecule has 7 nitrogen and oxygen atoms in total. The van der Waals surface area contributed by atoms with Crippen LogP contribution in [-0.4, -0.2) is 37.2 Å². The average Bonchev–Trinajstić information content (AvgIpc) is 2.83. The van der Waals surface area contributed by atoms with Crippen LogP contribution in [0.5, 0.6) is 0 Å². The number of carbonyl (C=O) groups excluding carboxylic acids is 1. The van der Waals surface area contributed by atoms with Crippen LogP contribution in [0.4, 0.5) is 0 Å². The molecule has 0 aliphatic carbocycles. The maximum absolute atomic E-state index is 11.8. The van der Waals surface area contributed by atoms with Gasteiger partial charge in [0.15, 0.2) is 5.78 Å². The average molecular weight is 422 g/mol. The Kier molecular flexibility index (Phi) is 7.61. The molecule has 10 heteroatoms. The molecule has 0 spiro atoms. The highest BCUT2D eigenvalue weighted by Crippen LogP contribution is 2.05. The standard InChI is InChI=1S/C22H17B3N2O5/c1-16(28)19-3-2-4-22(13-19)25(31-23(29)20-9-5-17(14-26)6-10-20)32-24(30)21-11-7-18(15-27)8-12-21/h2-13,29-30H,1H3. The van der Waals surface area contributed by atoms with Crippen molar-refractivity contribution in [2.24, 2.45) is 0 Å². The van der Waals surface area contributed by atoms with Gasteiger partial charge in [0.1, 0.15) is 0 Å². The monoisotopic (exact) mass is 422 g/mol. The molecule has 0 radical (unpaired) electrons. The fraction of sp³-hybridized carbons (Fsp3) is 0.0455. The van der Waals surface area contributed by atoms with Gasteiger partial charge in [-0.1, -0.05) is 48.5 Å². The molecule has 0 atom stereocenters. The molecule has 0 aliphatic heterocycles. The zero-order valence-electron chi connectivity index (χ0n) is 17.2. The Bertz CT molecular complexity index is 1110. The molecule has 0 heterocycles. The van der Waals surface area contributed by atoms with E-state index in [-0.39, 0.29) is 5.78 Å². The molecular weight excluding hydrogens is 405 g/mol. The highest BCUT2D eigenvalue weighted by atomic mass is 16.6. The van der Waals surface area contributed by atoms with E-state index in [4.69, 9.17) is 19.7 Å². The molecule has 3 rings (SSSR count). The molecule has 0 fully saturated rings. The maximum atomic E-state index is 11.8. The van der Waals surface area contributed by atoms with Crippen molar-refractivity contribution < 1.29 is 24.0 Å². The Hall–Kier alpha value is -3.66. The van der Waals surface area contributed by atoms with Crippen LogP contribution in [0.3, 0.4) is 0 Å². The van der Waals surface area contributed by atoms with E-state index in [1.54, 1.807) is 72.8 Å². The van der Waals surface area contributed by atoms with Crippen LogP contribution >= 0.6 is 0 Å². The van der Waals surface area contributed by atoms with Crippen molar-refractivity contribution in [3.63, 3.8) is 0 Å². The lowest BCUT2D eigenvalue weighted by Gasteiger charge is -2.20. The van der Waals surface area contributed by atoms with Crippen molar-refractivity contribution in [2.75, 3.05) is 0 Å². The van der Waals surface area contributed by atoms with Crippen molar-refractivity contribution in [3.8, 4) is 12.1 Å². The minimum Gasteiger partial charge on any atom is -0.444 e. The third-order valence-electron chi connectivity index (χ3n) is 4.72. The number of carbonyl (C=O) groups is 1. The fourth-order valence-electron chi connectivity index (χ4n) is 2.93. The largest absolute Gasteiger partial charge is 0.477 e. The van der Waals surface area contributed by atoms with Crippen LogP contribution in [0.25, 0.3) is 0 Å². The molecule has 0 saturated heterocycles. The first-order valence-corrected chi connectivity index (χ1v) is 9.69. The fourth-order valence-corrected chi connectivity index (χ4v) is 2.93. The Balaban J connectivity index is 1.87. The van der Waals surface area contributed by atoms with Crippen molar-refractivity contribution >= 4 is 43.5 Å². The Morgan fingerprint density at radius 2 is 1.25 bits per heavy atom. The number of nitrogens with zero attached hydrogens (tertiary/aromatic N) is 2. The van der Waals surface area contributed by atoms with Crippen molar-refractivity contribution in [1.29, 1.82) is 10.5 Å². The smallest absolute Gasteiger partial charge is 0.444 e. The highest BCUT2D eigenvalue weighted by molar-refractivity contribution is 6.79. The van der Waals surface area contributed by atoms with E-state index in [1.165, 1.54) is 6.92 Å². The zero-order chi connectivity index (χ0) is 23.1. The summed E-state index contributed by atoms with van der Waals surface area (Å²) in [6.45, 7) is 1.42. The number of nitriles is 2. The van der Waals surface area contributed by atoms with E-state index >= 15 is 0 Å². The van der Waals surface area contributed by atoms with E-state index in [2.05, 4.69) is 0 Å². The normalized spacial score (nSPS) is 10.0. The summed E-state index contributed by atoms with van der Waals surface area (Å²) in [6, 6.07) is 22.8. The summed E-state index contributed by atoms with van der Waals surface area (Å²) in [7, 11) is -4.09. The van der Waals surface area contributed by atoms with E-state index in [0.29, 0.717) is 33.1 Å². The van der Waals surface area contributed by atoms with E-state index < -0.39 is 21.4 Å². The third-order valence-corrected chi connectivity index (χ3v) is 4.72. The number of hydrogen-bond donors (Lipinski definition) is 2. The summed E-state index contributed by atoms with van der Waals surface area (Å²) in [6.07, 6.45) is 0. The second kappa shape index (κ2) is 10.6. The Labute approximate surface area is 186 Å². The second-order valence-electron chi connectivity index (χ2n) is 6.96. The molecule has 3 aromatic carbocycles. The first-order chi connectivity index (χ1) is 15.4. The summed E-state index contributed by atoms with van der Waals surface area (Å²) in [5, 5.41) is 39.0. The summed E-state index contributed by atoms with van der Waals surface area (Å²) in [5.74, 6) is -0.161. The number of ketones is 1. The van der Waals surface area contributed by atoms with Crippen molar-refractivity contribution in [3.05, 3.63) is 89.5 Å². The van der Waals surface area contributed by atoms with Crippen LogP contribution in [-0.2, 0) is 9.14 Å². The van der Waals surface area contributed by atoms with Gasteiger partial charge in [0.05, 0.1) is 23.3 Å². The molecule has 0 aromatic heterocycles. The summed E-state index contributed by atoms with van der Waals surface area (Å²) >= 11 is 0. The number of hydrogen-bond acceptors (Lipinski definition) is 7. The van der Waals surface area contributed by atoms with Gasteiger partial charge in [-0.3, -0.25) is 4.79 Å². The van der Waals surface area contributed by atoms with Crippen LogP contribution in [0, 0.1) is 22.7 Å².